The summed E-state index contributed by atoms with van der Waals surface area (Å²) in [6.07, 6.45) is 0.901. The van der Waals surface area contributed by atoms with Crippen LogP contribution in [0.2, 0.25) is 0 Å². The molecule has 2 aromatic carbocycles. The minimum absolute atomic E-state index is 0.135. The Balaban J connectivity index is 1.83. The Morgan fingerprint density at radius 2 is 1.83 bits per heavy atom. The predicted molar refractivity (Wildman–Crippen MR) is 116 cm³/mol. The van der Waals surface area contributed by atoms with Gasteiger partial charge in [-0.1, -0.05) is 30.3 Å². The van der Waals surface area contributed by atoms with E-state index in [9.17, 15) is 13.2 Å². The first-order valence-corrected chi connectivity index (χ1v) is 11.4. The highest BCUT2D eigenvalue weighted by Gasteiger charge is 2.15. The molecule has 7 nitrogen and oxygen atoms in total. The molecule has 0 aliphatic carbocycles. The zero-order valence-electron chi connectivity index (χ0n) is 17.7. The second-order valence-corrected chi connectivity index (χ2v) is 8.92. The lowest BCUT2D eigenvalue weighted by atomic mass is 10.2. The number of hydrogen-bond acceptors (Lipinski definition) is 5. The fourth-order valence-corrected chi connectivity index (χ4v) is 3.72. The molecule has 0 aromatic heterocycles. The van der Waals surface area contributed by atoms with Crippen molar-refractivity contribution in [3.8, 4) is 5.75 Å². The topological polar surface area (TPSA) is 93.7 Å². The average Bonchev–Trinajstić information content (AvgIpc) is 2.71. The lowest BCUT2D eigenvalue weighted by Gasteiger charge is -2.12. The number of amides is 1. The van der Waals surface area contributed by atoms with Crippen LogP contribution in [0.25, 0.3) is 0 Å². The highest BCUT2D eigenvalue weighted by atomic mass is 32.2. The van der Waals surface area contributed by atoms with Crippen molar-refractivity contribution < 1.29 is 22.7 Å². The van der Waals surface area contributed by atoms with Gasteiger partial charge in [-0.3, -0.25) is 4.79 Å². The molecule has 2 rings (SSSR count). The standard InChI is InChI=1S/C22H30N2O5S/c1-17(2)28-13-7-12-23-22(25)16-29-21-11-10-20(14-18(21)3)30(26,27)24-15-19-8-5-4-6-9-19/h4-6,8-11,14,17,24H,7,12-13,15-16H2,1-3H3,(H,23,25). The quantitative estimate of drug-likeness (QED) is 0.501. The molecule has 0 saturated heterocycles. The van der Waals surface area contributed by atoms with Crippen LogP contribution >= 0.6 is 0 Å². The molecule has 0 fully saturated rings. The second-order valence-electron chi connectivity index (χ2n) is 7.15. The van der Waals surface area contributed by atoms with Crippen molar-refractivity contribution in [3.63, 3.8) is 0 Å². The van der Waals surface area contributed by atoms with Crippen LogP contribution in [-0.2, 0) is 26.1 Å². The summed E-state index contributed by atoms with van der Waals surface area (Å²) in [5, 5.41) is 2.76. The van der Waals surface area contributed by atoms with E-state index >= 15 is 0 Å². The van der Waals surface area contributed by atoms with Gasteiger partial charge < -0.3 is 14.8 Å². The van der Waals surface area contributed by atoms with Gasteiger partial charge in [0.25, 0.3) is 5.91 Å². The van der Waals surface area contributed by atoms with Crippen LogP contribution in [0.4, 0.5) is 0 Å². The summed E-state index contributed by atoms with van der Waals surface area (Å²) in [5.41, 5.74) is 1.51. The maximum absolute atomic E-state index is 12.5. The Bertz CT molecular complexity index is 914. The van der Waals surface area contributed by atoms with Crippen molar-refractivity contribution >= 4 is 15.9 Å². The van der Waals surface area contributed by atoms with E-state index in [0.717, 1.165) is 12.0 Å². The number of rotatable bonds is 12. The molecule has 0 spiro atoms. The number of carbonyl (C=O) groups is 1. The minimum Gasteiger partial charge on any atom is -0.484 e. The maximum atomic E-state index is 12.5. The van der Waals surface area contributed by atoms with Gasteiger partial charge in [0.15, 0.2) is 6.61 Å². The molecule has 0 atom stereocenters. The molecule has 0 heterocycles. The summed E-state index contributed by atoms with van der Waals surface area (Å²) >= 11 is 0. The fraction of sp³-hybridized carbons (Fsp3) is 0.409. The summed E-state index contributed by atoms with van der Waals surface area (Å²) < 4.78 is 38.6. The van der Waals surface area contributed by atoms with Gasteiger partial charge in [-0.05, 0) is 56.5 Å². The van der Waals surface area contributed by atoms with Crippen molar-refractivity contribution in [1.29, 1.82) is 0 Å². The zero-order chi connectivity index (χ0) is 22.0. The summed E-state index contributed by atoms with van der Waals surface area (Å²) in [6.45, 7) is 6.85. The number of ether oxygens (including phenoxy) is 2. The van der Waals surface area contributed by atoms with Crippen molar-refractivity contribution in [1.82, 2.24) is 10.0 Å². The number of carbonyl (C=O) groups excluding carboxylic acids is 1. The SMILES string of the molecule is Cc1cc(S(=O)(=O)NCc2ccccc2)ccc1OCC(=O)NCCCOC(C)C. The largest absolute Gasteiger partial charge is 0.484 e. The van der Waals surface area contributed by atoms with Crippen molar-refractivity contribution in [2.75, 3.05) is 19.8 Å². The van der Waals surface area contributed by atoms with Crippen LogP contribution in [-0.4, -0.2) is 40.2 Å². The zero-order valence-corrected chi connectivity index (χ0v) is 18.5. The van der Waals surface area contributed by atoms with E-state index < -0.39 is 10.0 Å². The Hall–Kier alpha value is -2.42. The van der Waals surface area contributed by atoms with E-state index in [1.54, 1.807) is 13.0 Å². The molecule has 1 amide bonds. The molecule has 0 radical (unpaired) electrons. The van der Waals surface area contributed by atoms with E-state index in [1.807, 2.05) is 44.2 Å². The van der Waals surface area contributed by atoms with Crippen LogP contribution in [0, 0.1) is 6.92 Å². The fourth-order valence-electron chi connectivity index (χ4n) is 2.62. The first kappa shape index (κ1) is 23.9. The Morgan fingerprint density at radius 3 is 2.50 bits per heavy atom. The van der Waals surface area contributed by atoms with Gasteiger partial charge in [0.2, 0.25) is 10.0 Å². The molecular formula is C22H30N2O5S. The molecule has 0 aliphatic rings. The third-order valence-corrected chi connectivity index (χ3v) is 5.62. The lowest BCUT2D eigenvalue weighted by Crippen LogP contribution is -2.30. The molecule has 0 aliphatic heterocycles. The van der Waals surface area contributed by atoms with Gasteiger partial charge in [-0.25, -0.2) is 13.1 Å². The van der Waals surface area contributed by atoms with E-state index in [2.05, 4.69) is 10.0 Å². The monoisotopic (exact) mass is 434 g/mol. The minimum atomic E-state index is -3.65. The lowest BCUT2D eigenvalue weighted by molar-refractivity contribution is -0.123. The molecule has 30 heavy (non-hydrogen) atoms. The smallest absolute Gasteiger partial charge is 0.257 e. The molecule has 0 unspecified atom stereocenters. The summed E-state index contributed by atoms with van der Waals surface area (Å²) in [7, 11) is -3.65. The molecule has 2 aromatic rings. The van der Waals surface area contributed by atoms with Crippen molar-refractivity contribution in [2.45, 2.75) is 44.7 Å². The highest BCUT2D eigenvalue weighted by Crippen LogP contribution is 2.22. The number of sulfonamides is 1. The highest BCUT2D eigenvalue weighted by molar-refractivity contribution is 7.89. The van der Waals surface area contributed by atoms with Crippen LogP contribution in [0.1, 0.15) is 31.4 Å². The summed E-state index contributed by atoms with van der Waals surface area (Å²) in [6, 6.07) is 13.9. The Morgan fingerprint density at radius 1 is 1.10 bits per heavy atom. The number of nitrogens with one attached hydrogen (secondary N) is 2. The number of aryl methyl sites for hydroxylation is 1. The molecule has 164 valence electrons. The predicted octanol–water partition coefficient (Wildman–Crippen LogP) is 2.78. The van der Waals surface area contributed by atoms with Gasteiger partial charge in [0.05, 0.1) is 11.0 Å². The first-order chi connectivity index (χ1) is 14.3. The molecule has 0 bridgehead atoms. The van der Waals surface area contributed by atoms with E-state index in [1.165, 1.54) is 12.1 Å². The Labute approximate surface area is 178 Å². The van der Waals surface area contributed by atoms with E-state index in [0.29, 0.717) is 24.5 Å². The van der Waals surface area contributed by atoms with Crippen molar-refractivity contribution in [3.05, 3.63) is 59.7 Å². The van der Waals surface area contributed by atoms with Crippen LogP contribution in [0.15, 0.2) is 53.4 Å². The molecule has 0 saturated carbocycles. The van der Waals surface area contributed by atoms with Crippen molar-refractivity contribution in [2.24, 2.45) is 0 Å². The summed E-state index contributed by atoms with van der Waals surface area (Å²) in [5.74, 6) is 0.232. The van der Waals surface area contributed by atoms with Gasteiger partial charge in [-0.2, -0.15) is 0 Å². The van der Waals surface area contributed by atoms with Crippen LogP contribution in [0.3, 0.4) is 0 Å². The van der Waals surface area contributed by atoms with Gasteiger partial charge >= 0.3 is 0 Å². The normalized spacial score (nSPS) is 11.5. The third kappa shape index (κ3) is 8.14. The summed E-state index contributed by atoms with van der Waals surface area (Å²) in [4.78, 5) is 12.0. The Kier molecular flexibility index (Phi) is 9.29. The maximum Gasteiger partial charge on any atom is 0.257 e. The van der Waals surface area contributed by atoms with Gasteiger partial charge in [0.1, 0.15) is 5.75 Å². The number of hydrogen-bond donors (Lipinski definition) is 2. The molecule has 2 N–H and O–H groups in total. The van der Waals surface area contributed by atoms with Crippen LogP contribution in [0.5, 0.6) is 5.75 Å². The average molecular weight is 435 g/mol. The third-order valence-electron chi connectivity index (χ3n) is 4.22. The van der Waals surface area contributed by atoms with Gasteiger partial charge in [0, 0.05) is 19.7 Å². The van der Waals surface area contributed by atoms with Gasteiger partial charge in [-0.15, -0.1) is 0 Å². The van der Waals surface area contributed by atoms with Crippen LogP contribution < -0.4 is 14.8 Å². The second kappa shape index (κ2) is 11.7. The first-order valence-electron chi connectivity index (χ1n) is 9.93. The number of benzene rings is 2. The molecule has 8 heteroatoms. The van der Waals surface area contributed by atoms with E-state index in [-0.39, 0.29) is 30.1 Å². The molecular weight excluding hydrogens is 404 g/mol. The van der Waals surface area contributed by atoms with E-state index in [4.69, 9.17) is 9.47 Å².